The highest BCUT2D eigenvalue weighted by atomic mass is 16.6. The number of esters is 1. The fourth-order valence-corrected chi connectivity index (χ4v) is 3.49. The second-order valence-electron chi connectivity index (χ2n) is 7.07. The molecule has 0 aromatic heterocycles. The lowest BCUT2D eigenvalue weighted by Crippen LogP contribution is -2.55. The molecule has 5 heteroatoms. The number of ether oxygens (including phenoxy) is 1. The molecule has 1 unspecified atom stereocenters. The van der Waals surface area contributed by atoms with Gasteiger partial charge in [-0.1, -0.05) is 18.2 Å². The third kappa shape index (κ3) is 3.40. The summed E-state index contributed by atoms with van der Waals surface area (Å²) in [4.78, 5) is 23.9. The van der Waals surface area contributed by atoms with Gasteiger partial charge in [-0.25, -0.2) is 0 Å². The average Bonchev–Trinajstić information content (AvgIpc) is 2.45. The fourth-order valence-electron chi connectivity index (χ4n) is 3.49. The summed E-state index contributed by atoms with van der Waals surface area (Å²) < 4.78 is 5.53. The number of amides is 1. The Kier molecular flexibility index (Phi) is 4.75. The number of hydrogen-bond donors (Lipinski definition) is 2. The van der Waals surface area contributed by atoms with Crippen molar-refractivity contribution in [2.45, 2.75) is 38.8 Å². The van der Waals surface area contributed by atoms with Crippen LogP contribution in [0.3, 0.4) is 0 Å². The van der Waals surface area contributed by atoms with Gasteiger partial charge in [0.05, 0.1) is 5.92 Å². The van der Waals surface area contributed by atoms with Crippen molar-refractivity contribution in [3.8, 4) is 0 Å². The van der Waals surface area contributed by atoms with E-state index >= 15 is 0 Å². The number of fused-ring (bicyclic) bond motifs is 2. The van der Waals surface area contributed by atoms with Crippen molar-refractivity contribution in [3.63, 3.8) is 0 Å². The van der Waals surface area contributed by atoms with E-state index in [1.165, 1.54) is 0 Å². The van der Waals surface area contributed by atoms with Crippen molar-refractivity contribution in [1.29, 1.82) is 0 Å². The van der Waals surface area contributed by atoms with Crippen molar-refractivity contribution in [3.05, 3.63) is 24.8 Å². The molecular weight excluding hydrogens is 282 g/mol. The van der Waals surface area contributed by atoms with E-state index in [1.807, 2.05) is 32.9 Å². The van der Waals surface area contributed by atoms with Crippen molar-refractivity contribution >= 4 is 11.9 Å². The summed E-state index contributed by atoms with van der Waals surface area (Å²) in [5.41, 5.74) is -0.508. The molecule has 0 heterocycles. The lowest BCUT2D eigenvalue weighted by molar-refractivity contribution is -0.164. The summed E-state index contributed by atoms with van der Waals surface area (Å²) in [6, 6.07) is -0.120. The average molecular weight is 307 g/mol. The van der Waals surface area contributed by atoms with E-state index in [9.17, 15) is 9.59 Å². The highest BCUT2D eigenvalue weighted by Gasteiger charge is 2.48. The predicted octanol–water partition coefficient (Wildman–Crippen LogP) is 1.43. The highest BCUT2D eigenvalue weighted by Crippen LogP contribution is 2.45. The van der Waals surface area contributed by atoms with Crippen molar-refractivity contribution in [2.24, 2.45) is 23.7 Å². The molecule has 2 N–H and O–H groups in total. The topological polar surface area (TPSA) is 75.6 Å². The van der Waals surface area contributed by atoms with Gasteiger partial charge in [-0.2, -0.15) is 0 Å². The first-order chi connectivity index (χ1) is 10.3. The predicted molar refractivity (Wildman–Crippen MR) is 82.8 cm³/mol. The number of allylic oxidation sites excluding steroid dienone is 1. The van der Waals surface area contributed by atoms with Gasteiger partial charge in [0.25, 0.3) is 0 Å². The molecule has 122 valence electrons. The third-order valence-corrected chi connectivity index (χ3v) is 4.34. The molecule has 5 atom stereocenters. The molecule has 22 heavy (non-hydrogen) atoms. The van der Waals surface area contributed by atoms with E-state index in [4.69, 9.17) is 9.84 Å². The number of aliphatic hydroxyl groups excluding tert-OH is 1. The molecule has 3 aliphatic rings. The molecule has 3 rings (SSSR count). The van der Waals surface area contributed by atoms with Crippen LogP contribution < -0.4 is 5.32 Å². The van der Waals surface area contributed by atoms with Crippen molar-refractivity contribution < 1.29 is 19.4 Å². The molecule has 0 saturated heterocycles. The van der Waals surface area contributed by atoms with Crippen LogP contribution in [0.4, 0.5) is 0 Å². The lowest BCUT2D eigenvalue weighted by Gasteiger charge is -2.47. The number of nitrogens with one attached hydrogen (secondary N) is 1. The Labute approximate surface area is 131 Å². The van der Waals surface area contributed by atoms with Gasteiger partial charge < -0.3 is 15.2 Å². The van der Waals surface area contributed by atoms with Gasteiger partial charge in [-0.3, -0.25) is 9.59 Å². The number of carbonyl (C=O) groups is 2. The van der Waals surface area contributed by atoms with Gasteiger partial charge in [-0.05, 0) is 39.0 Å². The molecule has 0 aliphatic heterocycles. The first kappa shape index (κ1) is 16.7. The molecule has 0 spiro atoms. The summed E-state index contributed by atoms with van der Waals surface area (Å²) >= 11 is 0. The van der Waals surface area contributed by atoms with Gasteiger partial charge in [-0.15, -0.1) is 6.58 Å². The molecule has 5 nitrogen and oxygen atoms in total. The maximum atomic E-state index is 12.4. The van der Waals surface area contributed by atoms with Crippen LogP contribution in [0.2, 0.25) is 0 Å². The normalized spacial score (nSPS) is 33.4. The standard InChI is InChI=1S/C17H25NO4/c1-5-11-12-7-6-10(15(11)18-14(20)9-19)8-13(12)16(21)22-17(2,3)4/h5-7,10-13,15,19H,1,8-9H2,2-4H3,(H,18,20)/t10-,11-,12-,13?,15-/m1/s1. The minimum Gasteiger partial charge on any atom is -0.460 e. The second kappa shape index (κ2) is 6.24. The van der Waals surface area contributed by atoms with E-state index in [0.717, 1.165) is 0 Å². The Balaban J connectivity index is 2.16. The SMILES string of the molecule is C=C[C@H]1[C@H](NC(=O)CO)[C@@H]2C=C[C@H]1C(C(=O)OC(C)(C)C)C2. The van der Waals surface area contributed by atoms with Crippen LogP contribution in [0, 0.1) is 23.7 Å². The molecule has 1 fully saturated rings. The van der Waals surface area contributed by atoms with Gasteiger partial charge in [0.1, 0.15) is 12.2 Å². The largest absolute Gasteiger partial charge is 0.460 e. The van der Waals surface area contributed by atoms with E-state index in [1.54, 1.807) is 6.08 Å². The zero-order valence-corrected chi connectivity index (χ0v) is 13.4. The quantitative estimate of drug-likeness (QED) is 0.608. The van der Waals surface area contributed by atoms with Crippen LogP contribution in [0.15, 0.2) is 24.8 Å². The summed E-state index contributed by atoms with van der Waals surface area (Å²) in [7, 11) is 0. The Morgan fingerprint density at radius 2 is 2.09 bits per heavy atom. The Bertz CT molecular complexity index is 491. The molecule has 0 radical (unpaired) electrons. The molecule has 0 aromatic carbocycles. The maximum Gasteiger partial charge on any atom is 0.310 e. The van der Waals surface area contributed by atoms with Crippen LogP contribution in [-0.4, -0.2) is 35.2 Å². The van der Waals surface area contributed by atoms with E-state index in [-0.39, 0.29) is 35.7 Å². The molecule has 1 saturated carbocycles. The number of aliphatic hydroxyl groups is 1. The third-order valence-electron chi connectivity index (χ3n) is 4.34. The van der Waals surface area contributed by atoms with Crippen LogP contribution in [0.1, 0.15) is 27.2 Å². The van der Waals surface area contributed by atoms with Gasteiger partial charge in [0.2, 0.25) is 5.91 Å². The molecule has 2 bridgehead atoms. The number of carbonyl (C=O) groups excluding carboxylic acids is 2. The maximum absolute atomic E-state index is 12.4. The minimum absolute atomic E-state index is 0.0265. The Hall–Kier alpha value is -1.62. The van der Waals surface area contributed by atoms with E-state index < -0.39 is 18.1 Å². The Morgan fingerprint density at radius 1 is 1.41 bits per heavy atom. The van der Waals surface area contributed by atoms with Crippen molar-refractivity contribution in [2.75, 3.05) is 6.61 Å². The fraction of sp³-hybridized carbons (Fsp3) is 0.647. The molecular formula is C17H25NO4. The minimum atomic E-state index is -0.531. The van der Waals surface area contributed by atoms with Gasteiger partial charge in [0, 0.05) is 12.0 Å². The van der Waals surface area contributed by atoms with E-state index in [2.05, 4.69) is 11.9 Å². The second-order valence-corrected chi connectivity index (χ2v) is 7.07. The van der Waals surface area contributed by atoms with Crippen LogP contribution in [-0.2, 0) is 14.3 Å². The van der Waals surface area contributed by atoms with Crippen LogP contribution in [0.25, 0.3) is 0 Å². The van der Waals surface area contributed by atoms with Crippen LogP contribution >= 0.6 is 0 Å². The zero-order valence-electron chi connectivity index (χ0n) is 13.4. The van der Waals surface area contributed by atoms with Crippen molar-refractivity contribution in [1.82, 2.24) is 5.32 Å². The first-order valence-corrected chi connectivity index (χ1v) is 7.71. The summed E-state index contributed by atoms with van der Waals surface area (Å²) in [5.74, 6) is -0.795. The molecule has 1 amide bonds. The zero-order chi connectivity index (χ0) is 16.5. The smallest absolute Gasteiger partial charge is 0.310 e. The van der Waals surface area contributed by atoms with E-state index in [0.29, 0.717) is 6.42 Å². The molecule has 3 aliphatic carbocycles. The summed E-state index contributed by atoms with van der Waals surface area (Å²) in [6.45, 7) is 8.90. The first-order valence-electron chi connectivity index (χ1n) is 7.71. The number of hydrogen-bond acceptors (Lipinski definition) is 4. The number of rotatable bonds is 4. The lowest BCUT2D eigenvalue weighted by atomic mass is 9.60. The molecule has 0 aromatic rings. The van der Waals surface area contributed by atoms with Crippen LogP contribution in [0.5, 0.6) is 0 Å². The Morgan fingerprint density at radius 3 is 2.64 bits per heavy atom. The highest BCUT2D eigenvalue weighted by molar-refractivity contribution is 5.78. The van der Waals surface area contributed by atoms with Gasteiger partial charge in [0.15, 0.2) is 0 Å². The monoisotopic (exact) mass is 307 g/mol. The summed E-state index contributed by atoms with van der Waals surface area (Å²) in [6.07, 6.45) is 6.53. The van der Waals surface area contributed by atoms with Gasteiger partial charge >= 0.3 is 5.97 Å². The summed E-state index contributed by atoms with van der Waals surface area (Å²) in [5, 5.41) is 11.8.